The van der Waals surface area contributed by atoms with Crippen LogP contribution in [0, 0.1) is 13.8 Å². The third-order valence-electron chi connectivity index (χ3n) is 7.53. The molecule has 4 aromatic carbocycles. The number of carbonyl (C=O) groups excluding carboxylic acids is 1. The van der Waals surface area contributed by atoms with Gasteiger partial charge in [-0.2, -0.15) is 0 Å². The number of carbonyl (C=O) groups is 1. The van der Waals surface area contributed by atoms with Crippen LogP contribution in [0.3, 0.4) is 0 Å². The van der Waals surface area contributed by atoms with E-state index in [1.165, 1.54) is 16.5 Å². The Hall–Kier alpha value is -3.63. The van der Waals surface area contributed by atoms with Crippen LogP contribution in [0.1, 0.15) is 45.5 Å². The molecule has 1 saturated heterocycles. The lowest BCUT2D eigenvalue weighted by Gasteiger charge is -2.40. The first-order chi connectivity index (χ1) is 18.0. The summed E-state index contributed by atoms with van der Waals surface area (Å²) in [7, 11) is 1.72. The number of rotatable bonds is 7. The van der Waals surface area contributed by atoms with E-state index in [2.05, 4.69) is 90.8 Å². The van der Waals surface area contributed by atoms with Crippen LogP contribution in [-0.4, -0.2) is 36.5 Å². The van der Waals surface area contributed by atoms with E-state index >= 15 is 0 Å². The summed E-state index contributed by atoms with van der Waals surface area (Å²) in [6.45, 7) is 5.66. The second-order valence-electron chi connectivity index (χ2n) is 10.3. The number of amides is 1. The Labute approximate surface area is 220 Å². The maximum atomic E-state index is 13.7. The summed E-state index contributed by atoms with van der Waals surface area (Å²) in [4.78, 5) is 15.8. The van der Waals surface area contributed by atoms with E-state index in [1.807, 2.05) is 18.2 Å². The van der Waals surface area contributed by atoms with Crippen molar-refractivity contribution in [3.63, 3.8) is 0 Å². The normalized spacial score (nSPS) is 17.6. The van der Waals surface area contributed by atoms with Gasteiger partial charge in [-0.25, -0.2) is 0 Å². The van der Waals surface area contributed by atoms with Gasteiger partial charge in [-0.05, 0) is 67.8 Å². The minimum atomic E-state index is 0.146. The van der Waals surface area contributed by atoms with Gasteiger partial charge in [-0.3, -0.25) is 4.79 Å². The van der Waals surface area contributed by atoms with E-state index in [0.29, 0.717) is 6.04 Å². The van der Waals surface area contributed by atoms with Gasteiger partial charge in [0.1, 0.15) is 5.75 Å². The number of hydrogen-bond donors (Lipinski definition) is 1. The van der Waals surface area contributed by atoms with Crippen LogP contribution in [0.25, 0.3) is 10.8 Å². The number of aryl methyl sites for hydroxylation is 2. The lowest BCUT2D eigenvalue weighted by atomic mass is 9.91. The summed E-state index contributed by atoms with van der Waals surface area (Å²) in [5.74, 6) is 1.05. The van der Waals surface area contributed by atoms with E-state index in [-0.39, 0.29) is 11.9 Å². The van der Waals surface area contributed by atoms with Crippen molar-refractivity contribution in [2.24, 2.45) is 0 Å². The Balaban J connectivity index is 1.34. The number of fused-ring (bicyclic) bond motifs is 1. The molecule has 0 spiro atoms. The molecule has 37 heavy (non-hydrogen) atoms. The molecule has 0 radical (unpaired) electrons. The van der Waals surface area contributed by atoms with Gasteiger partial charge in [0.25, 0.3) is 5.91 Å². The van der Waals surface area contributed by atoms with Crippen LogP contribution in [-0.2, 0) is 13.0 Å². The van der Waals surface area contributed by atoms with Gasteiger partial charge in [0.15, 0.2) is 0 Å². The fourth-order valence-corrected chi connectivity index (χ4v) is 5.77. The molecule has 4 nitrogen and oxygen atoms in total. The Kier molecular flexibility index (Phi) is 7.57. The minimum Gasteiger partial charge on any atom is -0.496 e. The molecule has 4 aromatic rings. The Bertz CT molecular complexity index is 1360. The molecule has 0 unspecified atom stereocenters. The molecule has 1 fully saturated rings. The number of piperidine rings is 1. The summed E-state index contributed by atoms with van der Waals surface area (Å²) >= 11 is 0. The van der Waals surface area contributed by atoms with Crippen molar-refractivity contribution in [1.82, 2.24) is 10.2 Å². The number of likely N-dealkylation sites (tertiary alicyclic amines) is 1. The maximum Gasteiger partial charge on any atom is 0.254 e. The van der Waals surface area contributed by atoms with Gasteiger partial charge >= 0.3 is 0 Å². The van der Waals surface area contributed by atoms with Gasteiger partial charge in [-0.15, -0.1) is 0 Å². The molecule has 0 aliphatic carbocycles. The summed E-state index contributed by atoms with van der Waals surface area (Å²) in [5.41, 5.74) is 5.60. The monoisotopic (exact) mass is 492 g/mol. The molecular formula is C33H36N2O2. The van der Waals surface area contributed by atoms with Gasteiger partial charge in [0, 0.05) is 36.1 Å². The molecule has 2 atom stereocenters. The summed E-state index contributed by atoms with van der Waals surface area (Å²) in [5, 5.41) is 6.18. The molecule has 1 N–H and O–H groups in total. The number of benzene rings is 4. The number of nitrogens with one attached hydrogen (secondary N) is 1. The lowest BCUT2D eigenvalue weighted by molar-refractivity contribution is 0.0576. The topological polar surface area (TPSA) is 41.6 Å². The van der Waals surface area contributed by atoms with E-state index in [9.17, 15) is 4.79 Å². The Morgan fingerprint density at radius 1 is 0.919 bits per heavy atom. The Morgan fingerprint density at radius 2 is 1.62 bits per heavy atom. The molecule has 0 bridgehead atoms. The molecule has 0 saturated carbocycles. The van der Waals surface area contributed by atoms with Crippen molar-refractivity contribution in [3.05, 3.63) is 113 Å². The molecular weight excluding hydrogens is 456 g/mol. The van der Waals surface area contributed by atoms with Gasteiger partial charge < -0.3 is 15.0 Å². The zero-order valence-corrected chi connectivity index (χ0v) is 22.0. The van der Waals surface area contributed by atoms with Crippen LogP contribution < -0.4 is 10.1 Å². The third kappa shape index (κ3) is 5.70. The predicted octanol–water partition coefficient (Wildman–Crippen LogP) is 6.47. The van der Waals surface area contributed by atoms with Crippen LogP contribution >= 0.6 is 0 Å². The van der Waals surface area contributed by atoms with Crippen molar-refractivity contribution >= 4 is 16.7 Å². The largest absolute Gasteiger partial charge is 0.496 e. The van der Waals surface area contributed by atoms with E-state index in [4.69, 9.17) is 4.74 Å². The zero-order chi connectivity index (χ0) is 25.8. The summed E-state index contributed by atoms with van der Waals surface area (Å²) in [6.07, 6.45) is 2.73. The molecule has 1 aliphatic heterocycles. The number of hydrogen-bond acceptors (Lipinski definition) is 3. The molecule has 1 amide bonds. The quantitative estimate of drug-likeness (QED) is 0.321. The molecule has 190 valence electrons. The number of nitrogens with zero attached hydrogens (tertiary/aromatic N) is 1. The highest BCUT2D eigenvalue weighted by molar-refractivity contribution is 5.95. The van der Waals surface area contributed by atoms with E-state index in [0.717, 1.165) is 60.2 Å². The fourth-order valence-electron chi connectivity index (χ4n) is 5.77. The van der Waals surface area contributed by atoms with Gasteiger partial charge in [0.2, 0.25) is 0 Å². The van der Waals surface area contributed by atoms with E-state index < -0.39 is 0 Å². The second kappa shape index (κ2) is 11.2. The average molecular weight is 493 g/mol. The smallest absolute Gasteiger partial charge is 0.254 e. The zero-order valence-electron chi connectivity index (χ0n) is 22.0. The lowest BCUT2D eigenvalue weighted by Crippen LogP contribution is -2.51. The predicted molar refractivity (Wildman–Crippen MR) is 151 cm³/mol. The highest BCUT2D eigenvalue weighted by Gasteiger charge is 2.32. The second-order valence-corrected chi connectivity index (χ2v) is 10.3. The highest BCUT2D eigenvalue weighted by Crippen LogP contribution is 2.29. The van der Waals surface area contributed by atoms with Crippen LogP contribution in [0.15, 0.2) is 84.9 Å². The van der Waals surface area contributed by atoms with Crippen molar-refractivity contribution < 1.29 is 9.53 Å². The van der Waals surface area contributed by atoms with Crippen LogP contribution in [0.5, 0.6) is 5.75 Å². The molecule has 1 aliphatic rings. The van der Waals surface area contributed by atoms with Crippen LogP contribution in [0.4, 0.5) is 0 Å². The fraction of sp³-hybridized carbons (Fsp3) is 0.303. The molecule has 5 rings (SSSR count). The highest BCUT2D eigenvalue weighted by atomic mass is 16.5. The first-order valence-electron chi connectivity index (χ1n) is 13.2. The standard InChI is InChI=1S/C33H36N2O2/c1-23-17-24(2)19-27(18-23)33(36)35-16-15-28(21-29(35)20-25-9-5-4-6-10-25)34-22-26-13-14-32(37-3)31-12-8-7-11-30(26)31/h4-14,17-19,28-29,34H,15-16,20-22H2,1-3H3/t28-,29+/m0/s1. The SMILES string of the molecule is COc1ccc(CN[C@H]2CCN(C(=O)c3cc(C)cc(C)c3)[C@H](Cc3ccccc3)C2)c2ccccc12. The third-order valence-corrected chi connectivity index (χ3v) is 7.53. The minimum absolute atomic E-state index is 0.146. The number of ether oxygens (including phenoxy) is 1. The molecule has 1 heterocycles. The Morgan fingerprint density at radius 3 is 2.35 bits per heavy atom. The maximum absolute atomic E-state index is 13.7. The van der Waals surface area contributed by atoms with Gasteiger partial charge in [-0.1, -0.05) is 77.9 Å². The van der Waals surface area contributed by atoms with Crippen molar-refractivity contribution in [2.75, 3.05) is 13.7 Å². The molecule has 4 heteroatoms. The van der Waals surface area contributed by atoms with Crippen LogP contribution in [0.2, 0.25) is 0 Å². The first kappa shape index (κ1) is 25.0. The van der Waals surface area contributed by atoms with Crippen molar-refractivity contribution in [1.29, 1.82) is 0 Å². The summed E-state index contributed by atoms with van der Waals surface area (Å²) < 4.78 is 5.58. The number of methoxy groups -OCH3 is 1. The van der Waals surface area contributed by atoms with E-state index in [1.54, 1.807) is 7.11 Å². The molecule has 0 aromatic heterocycles. The average Bonchev–Trinajstić information content (AvgIpc) is 2.91. The first-order valence-corrected chi connectivity index (χ1v) is 13.2. The van der Waals surface area contributed by atoms with Gasteiger partial charge in [0.05, 0.1) is 7.11 Å². The summed E-state index contributed by atoms with van der Waals surface area (Å²) in [6, 6.07) is 29.8. The van der Waals surface area contributed by atoms with Crippen molar-refractivity contribution in [2.45, 2.75) is 51.7 Å². The van der Waals surface area contributed by atoms with Crippen molar-refractivity contribution in [3.8, 4) is 5.75 Å².